The summed E-state index contributed by atoms with van der Waals surface area (Å²) in [4.78, 5) is 0. The number of benzene rings is 2. The minimum atomic E-state index is -1.57. The topological polar surface area (TPSA) is 26.0 Å². The van der Waals surface area contributed by atoms with Crippen LogP contribution in [0, 0.1) is 29.8 Å². The third-order valence-corrected chi connectivity index (χ3v) is 3.20. The van der Waals surface area contributed by atoms with Crippen LogP contribution < -0.4 is 5.73 Å². The molecule has 0 aliphatic carbocycles. The van der Waals surface area contributed by atoms with Crippen molar-refractivity contribution in [1.82, 2.24) is 0 Å². The van der Waals surface area contributed by atoms with Crippen LogP contribution in [-0.2, 0) is 5.41 Å². The summed E-state index contributed by atoms with van der Waals surface area (Å²) >= 11 is 0. The Kier molecular flexibility index (Phi) is 3.17. The van der Waals surface area contributed by atoms with E-state index in [1.807, 2.05) is 20.8 Å². The zero-order chi connectivity index (χ0) is 15.2. The Bertz CT molecular complexity index is 749. The highest BCUT2D eigenvalue weighted by Crippen LogP contribution is 2.37. The Morgan fingerprint density at radius 2 is 1.65 bits per heavy atom. The number of nitrogen functional groups attached to an aromatic ring is 1. The van der Waals surface area contributed by atoms with E-state index < -0.39 is 22.9 Å². The Labute approximate surface area is 115 Å². The van der Waals surface area contributed by atoms with Gasteiger partial charge in [0, 0.05) is 16.5 Å². The van der Waals surface area contributed by atoms with Crippen molar-refractivity contribution in [2.45, 2.75) is 26.2 Å². The first-order valence-electron chi connectivity index (χ1n) is 6.05. The van der Waals surface area contributed by atoms with E-state index in [0.29, 0.717) is 5.56 Å². The summed E-state index contributed by atoms with van der Waals surface area (Å²) in [5, 5.41) is 0.104. The molecular weight excluding hydrogens is 263 g/mol. The van der Waals surface area contributed by atoms with Gasteiger partial charge in [-0.3, -0.25) is 0 Å². The van der Waals surface area contributed by atoms with Crippen molar-refractivity contribution in [2.24, 2.45) is 0 Å². The fraction of sp³-hybridized carbons (Fsp3) is 0.250. The van der Waals surface area contributed by atoms with Gasteiger partial charge in [-0.25, -0.2) is 13.2 Å². The maximum absolute atomic E-state index is 14.0. The lowest BCUT2D eigenvalue weighted by molar-refractivity contribution is 0.452. The van der Waals surface area contributed by atoms with Crippen LogP contribution in [0.5, 0.6) is 0 Å². The monoisotopic (exact) mass is 277 g/mol. The largest absolute Gasteiger partial charge is 0.399 e. The zero-order valence-electron chi connectivity index (χ0n) is 11.4. The highest BCUT2D eigenvalue weighted by atomic mass is 19.2. The van der Waals surface area contributed by atoms with Crippen molar-refractivity contribution in [2.75, 3.05) is 5.73 Å². The first-order chi connectivity index (χ1) is 9.18. The Morgan fingerprint density at radius 1 is 1.05 bits per heavy atom. The Morgan fingerprint density at radius 3 is 2.15 bits per heavy atom. The van der Waals surface area contributed by atoms with Crippen LogP contribution >= 0.6 is 0 Å². The molecular formula is C16H14F3N. The van der Waals surface area contributed by atoms with Crippen LogP contribution in [-0.4, -0.2) is 0 Å². The molecule has 2 aromatic carbocycles. The molecule has 20 heavy (non-hydrogen) atoms. The van der Waals surface area contributed by atoms with Crippen molar-refractivity contribution in [3.63, 3.8) is 0 Å². The molecule has 0 unspecified atom stereocenters. The molecule has 0 saturated heterocycles. The number of hydrogen-bond acceptors (Lipinski definition) is 1. The fourth-order valence-corrected chi connectivity index (χ4v) is 2.27. The fourth-order valence-electron chi connectivity index (χ4n) is 2.27. The van der Waals surface area contributed by atoms with Crippen molar-refractivity contribution in [3.8, 4) is 12.3 Å². The molecule has 0 aliphatic rings. The summed E-state index contributed by atoms with van der Waals surface area (Å²) in [5.41, 5.74) is 5.87. The minimum absolute atomic E-state index is 0.0956. The van der Waals surface area contributed by atoms with Crippen LogP contribution in [0.25, 0.3) is 10.8 Å². The van der Waals surface area contributed by atoms with Crippen LogP contribution in [0.4, 0.5) is 18.9 Å². The number of hydrogen-bond donors (Lipinski definition) is 1. The van der Waals surface area contributed by atoms with Gasteiger partial charge in [-0.15, -0.1) is 6.42 Å². The molecule has 0 fully saturated rings. The van der Waals surface area contributed by atoms with Gasteiger partial charge >= 0.3 is 0 Å². The number of halogens is 3. The van der Waals surface area contributed by atoms with E-state index in [2.05, 4.69) is 5.92 Å². The molecule has 0 amide bonds. The average molecular weight is 277 g/mol. The minimum Gasteiger partial charge on any atom is -0.399 e. The summed E-state index contributed by atoms with van der Waals surface area (Å²) in [6, 6.07) is 2.88. The second kappa shape index (κ2) is 4.45. The van der Waals surface area contributed by atoms with E-state index in [-0.39, 0.29) is 22.0 Å². The lowest BCUT2D eigenvalue weighted by Crippen LogP contribution is -2.14. The number of rotatable bonds is 0. The van der Waals surface area contributed by atoms with E-state index in [4.69, 9.17) is 12.2 Å². The molecule has 0 spiro atoms. The van der Waals surface area contributed by atoms with Gasteiger partial charge in [-0.2, -0.15) is 0 Å². The van der Waals surface area contributed by atoms with Gasteiger partial charge in [0.2, 0.25) is 0 Å². The smallest absolute Gasteiger partial charge is 0.196 e. The van der Waals surface area contributed by atoms with Crippen LogP contribution in [0.15, 0.2) is 12.1 Å². The van der Waals surface area contributed by atoms with Gasteiger partial charge in [0.25, 0.3) is 0 Å². The first-order valence-corrected chi connectivity index (χ1v) is 6.05. The third-order valence-electron chi connectivity index (χ3n) is 3.20. The molecule has 1 nitrogen and oxygen atoms in total. The van der Waals surface area contributed by atoms with Gasteiger partial charge in [0.15, 0.2) is 17.5 Å². The predicted molar refractivity (Wildman–Crippen MR) is 74.9 cm³/mol. The average Bonchev–Trinajstić information content (AvgIpc) is 2.36. The SMILES string of the molecule is C#Cc1c(F)c(F)c(F)c2cc(N)cc(C(C)(C)C)c12. The zero-order valence-corrected chi connectivity index (χ0v) is 11.4. The lowest BCUT2D eigenvalue weighted by atomic mass is 9.81. The van der Waals surface area contributed by atoms with E-state index in [1.165, 1.54) is 6.07 Å². The lowest BCUT2D eigenvalue weighted by Gasteiger charge is -2.23. The summed E-state index contributed by atoms with van der Waals surface area (Å²) in [5.74, 6) is -2.07. The summed E-state index contributed by atoms with van der Waals surface area (Å²) in [6.45, 7) is 5.59. The molecule has 0 heterocycles. The van der Waals surface area contributed by atoms with E-state index in [0.717, 1.165) is 0 Å². The Hall–Kier alpha value is -2.15. The Balaban J connectivity index is 3.15. The molecule has 104 valence electrons. The number of anilines is 1. The summed E-state index contributed by atoms with van der Waals surface area (Å²) in [6.07, 6.45) is 5.28. The van der Waals surface area contributed by atoms with Crippen molar-refractivity contribution in [3.05, 3.63) is 40.7 Å². The second-order valence-corrected chi connectivity index (χ2v) is 5.70. The highest BCUT2D eigenvalue weighted by Gasteiger charge is 2.25. The van der Waals surface area contributed by atoms with Crippen LogP contribution in [0.1, 0.15) is 31.9 Å². The quantitative estimate of drug-likeness (QED) is 0.437. The third kappa shape index (κ3) is 2.00. The van der Waals surface area contributed by atoms with Gasteiger partial charge < -0.3 is 5.73 Å². The van der Waals surface area contributed by atoms with Gasteiger partial charge in [-0.1, -0.05) is 26.7 Å². The van der Waals surface area contributed by atoms with E-state index in [1.54, 1.807) is 6.07 Å². The molecule has 4 heteroatoms. The van der Waals surface area contributed by atoms with Crippen molar-refractivity contribution < 1.29 is 13.2 Å². The number of nitrogens with two attached hydrogens (primary N) is 1. The standard InChI is InChI=1S/C16H14F3N/c1-5-9-12-10(14(18)15(19)13(9)17)6-8(20)7-11(12)16(2,3)4/h1,6-7H,20H2,2-4H3. The maximum atomic E-state index is 14.0. The number of terminal acetylenes is 1. The molecule has 0 aliphatic heterocycles. The molecule has 0 bridgehead atoms. The maximum Gasteiger partial charge on any atom is 0.196 e. The van der Waals surface area contributed by atoms with Gasteiger partial charge in [0.1, 0.15) is 0 Å². The molecule has 2 rings (SSSR count). The van der Waals surface area contributed by atoms with E-state index >= 15 is 0 Å². The van der Waals surface area contributed by atoms with Gasteiger partial charge in [0.05, 0.1) is 5.56 Å². The second-order valence-electron chi connectivity index (χ2n) is 5.70. The van der Waals surface area contributed by atoms with Crippen LogP contribution in [0.2, 0.25) is 0 Å². The van der Waals surface area contributed by atoms with Crippen LogP contribution in [0.3, 0.4) is 0 Å². The molecule has 0 saturated carbocycles. The van der Waals surface area contributed by atoms with Crippen molar-refractivity contribution >= 4 is 16.5 Å². The first kappa shape index (κ1) is 14.3. The summed E-state index contributed by atoms with van der Waals surface area (Å²) in [7, 11) is 0. The molecule has 0 atom stereocenters. The highest BCUT2D eigenvalue weighted by molar-refractivity contribution is 5.95. The molecule has 0 radical (unpaired) electrons. The molecule has 0 aromatic heterocycles. The van der Waals surface area contributed by atoms with Crippen molar-refractivity contribution in [1.29, 1.82) is 0 Å². The van der Waals surface area contributed by atoms with Gasteiger partial charge in [-0.05, 0) is 23.1 Å². The molecule has 2 aromatic rings. The summed E-state index contributed by atoms with van der Waals surface area (Å²) < 4.78 is 41.4. The van der Waals surface area contributed by atoms with E-state index in [9.17, 15) is 13.2 Å². The molecule has 2 N–H and O–H groups in total. The normalized spacial score (nSPS) is 11.7. The predicted octanol–water partition coefficient (Wildman–Crippen LogP) is 4.12. The number of fused-ring (bicyclic) bond motifs is 1.